The molecule has 0 radical (unpaired) electrons. The maximum Gasteiger partial charge on any atom is 0.326 e. The average Bonchev–Trinajstić information content (AvgIpc) is 2.75. The van der Waals surface area contributed by atoms with Crippen LogP contribution in [-0.2, 0) is 22.4 Å². The predicted molar refractivity (Wildman–Crippen MR) is 122 cm³/mol. The maximum atomic E-state index is 12.4. The van der Waals surface area contributed by atoms with E-state index in [2.05, 4.69) is 5.32 Å². The molecule has 0 saturated heterocycles. The van der Waals surface area contributed by atoms with Crippen LogP contribution < -0.4 is 10.1 Å². The van der Waals surface area contributed by atoms with Crippen molar-refractivity contribution in [1.82, 2.24) is 5.32 Å². The molecule has 1 amide bonds. The third-order valence-electron chi connectivity index (χ3n) is 4.81. The number of halogens is 2. The normalized spacial score (nSPS) is 11.6. The smallest absolute Gasteiger partial charge is 0.326 e. The Kier molecular flexibility index (Phi) is 7.55. The first kappa shape index (κ1) is 22.7. The molecule has 0 heterocycles. The number of rotatable bonds is 8. The summed E-state index contributed by atoms with van der Waals surface area (Å²) in [6.45, 7) is 0. The van der Waals surface area contributed by atoms with Gasteiger partial charge in [-0.1, -0.05) is 71.7 Å². The quantitative estimate of drug-likeness (QED) is 0.497. The first-order valence-corrected chi connectivity index (χ1v) is 10.3. The Morgan fingerprint density at radius 1 is 1.03 bits per heavy atom. The number of carboxylic acid groups (broad SMARTS) is 1. The molecule has 1 atom stereocenters. The summed E-state index contributed by atoms with van der Waals surface area (Å²) in [4.78, 5) is 24.1. The van der Waals surface area contributed by atoms with Gasteiger partial charge in [0.05, 0.1) is 13.5 Å². The zero-order chi connectivity index (χ0) is 22.4. The van der Waals surface area contributed by atoms with E-state index in [4.69, 9.17) is 27.9 Å². The Morgan fingerprint density at radius 3 is 2.39 bits per heavy atom. The van der Waals surface area contributed by atoms with E-state index in [1.165, 1.54) is 0 Å². The number of benzene rings is 3. The van der Waals surface area contributed by atoms with Crippen molar-refractivity contribution in [3.63, 3.8) is 0 Å². The fraction of sp³-hybridized carbons (Fsp3) is 0.167. The Morgan fingerprint density at radius 2 is 1.74 bits per heavy atom. The number of nitrogens with one attached hydrogen (secondary N) is 1. The Labute approximate surface area is 190 Å². The molecule has 0 aliphatic rings. The molecule has 0 aromatic heterocycles. The Hall–Kier alpha value is -3.02. The largest absolute Gasteiger partial charge is 0.496 e. The Balaban J connectivity index is 1.68. The highest BCUT2D eigenvalue weighted by Gasteiger charge is 2.21. The van der Waals surface area contributed by atoms with E-state index in [-0.39, 0.29) is 12.8 Å². The molecule has 0 aliphatic carbocycles. The van der Waals surface area contributed by atoms with Crippen molar-refractivity contribution in [2.24, 2.45) is 0 Å². The minimum atomic E-state index is -1.11. The third-order valence-corrected chi connectivity index (χ3v) is 5.40. The molecule has 0 bridgehead atoms. The summed E-state index contributed by atoms with van der Waals surface area (Å²) in [6, 6.07) is 18.9. The van der Waals surface area contributed by atoms with Crippen molar-refractivity contribution in [2.75, 3.05) is 7.11 Å². The van der Waals surface area contributed by atoms with Crippen LogP contribution in [0.2, 0.25) is 10.0 Å². The van der Waals surface area contributed by atoms with Crippen LogP contribution in [-0.4, -0.2) is 30.1 Å². The molecule has 3 rings (SSSR count). The van der Waals surface area contributed by atoms with Gasteiger partial charge in [0, 0.05) is 22.0 Å². The van der Waals surface area contributed by atoms with Gasteiger partial charge >= 0.3 is 5.97 Å². The van der Waals surface area contributed by atoms with Crippen molar-refractivity contribution in [3.8, 4) is 16.9 Å². The average molecular weight is 458 g/mol. The number of carboxylic acids is 1. The highest BCUT2D eigenvalue weighted by molar-refractivity contribution is 6.35. The molecule has 0 unspecified atom stereocenters. The summed E-state index contributed by atoms with van der Waals surface area (Å²) in [5, 5.41) is 13.0. The second-order valence-corrected chi connectivity index (χ2v) is 7.82. The van der Waals surface area contributed by atoms with Crippen LogP contribution in [0.4, 0.5) is 0 Å². The molecule has 0 fully saturated rings. The summed E-state index contributed by atoms with van der Waals surface area (Å²) < 4.78 is 5.39. The number of methoxy groups -OCH3 is 1. The molecule has 3 aromatic carbocycles. The van der Waals surface area contributed by atoms with Crippen molar-refractivity contribution in [1.29, 1.82) is 0 Å². The van der Waals surface area contributed by atoms with E-state index < -0.39 is 17.9 Å². The number of carbonyl (C=O) groups excluding carboxylic acids is 1. The van der Waals surface area contributed by atoms with E-state index >= 15 is 0 Å². The van der Waals surface area contributed by atoms with Crippen LogP contribution >= 0.6 is 23.2 Å². The molecule has 160 valence electrons. The van der Waals surface area contributed by atoms with Crippen LogP contribution in [0.5, 0.6) is 5.75 Å². The topological polar surface area (TPSA) is 75.6 Å². The predicted octanol–water partition coefficient (Wildman–Crippen LogP) is 5.02. The highest BCUT2D eigenvalue weighted by Crippen LogP contribution is 2.29. The van der Waals surface area contributed by atoms with Gasteiger partial charge in [-0.25, -0.2) is 4.79 Å². The minimum absolute atomic E-state index is 0.0352. The lowest BCUT2D eigenvalue weighted by atomic mass is 10.00. The molecular formula is C24H21Cl2NO4. The highest BCUT2D eigenvalue weighted by atomic mass is 35.5. The van der Waals surface area contributed by atoms with E-state index in [1.54, 1.807) is 25.3 Å². The van der Waals surface area contributed by atoms with Gasteiger partial charge in [-0.3, -0.25) is 4.79 Å². The zero-order valence-electron chi connectivity index (χ0n) is 16.8. The standard InChI is InChI=1S/C24H21Cl2NO4/c1-31-22-5-3-2-4-19(22)16-8-6-15(7-9-16)12-21(24(29)30)27-23(28)13-17-10-11-18(25)14-20(17)26/h2-11,14,21H,12-13H2,1H3,(H,27,28)(H,29,30)/t21-/m0/s1. The number of carbonyl (C=O) groups is 2. The molecule has 2 N–H and O–H groups in total. The van der Waals surface area contributed by atoms with Gasteiger partial charge in [-0.2, -0.15) is 0 Å². The Bertz CT molecular complexity index is 1080. The van der Waals surface area contributed by atoms with Gasteiger partial charge in [0.25, 0.3) is 0 Å². The third kappa shape index (κ3) is 6.00. The molecule has 5 nitrogen and oxygen atoms in total. The van der Waals surface area contributed by atoms with Gasteiger partial charge in [0.2, 0.25) is 5.91 Å². The van der Waals surface area contributed by atoms with Crippen LogP contribution in [0.1, 0.15) is 11.1 Å². The second-order valence-electron chi connectivity index (χ2n) is 6.97. The number of para-hydroxylation sites is 1. The molecule has 3 aromatic rings. The van der Waals surface area contributed by atoms with Gasteiger partial charge in [0.15, 0.2) is 0 Å². The van der Waals surface area contributed by atoms with Crippen molar-refractivity contribution in [2.45, 2.75) is 18.9 Å². The van der Waals surface area contributed by atoms with Gasteiger partial charge in [-0.15, -0.1) is 0 Å². The first-order valence-electron chi connectivity index (χ1n) is 9.56. The summed E-state index contributed by atoms with van der Waals surface area (Å²) in [6.07, 6.45) is 0.119. The maximum absolute atomic E-state index is 12.4. The van der Waals surface area contributed by atoms with Crippen molar-refractivity contribution in [3.05, 3.63) is 87.9 Å². The minimum Gasteiger partial charge on any atom is -0.496 e. The van der Waals surface area contributed by atoms with E-state index in [9.17, 15) is 14.7 Å². The fourth-order valence-corrected chi connectivity index (χ4v) is 3.70. The molecule has 0 spiro atoms. The number of hydrogen-bond acceptors (Lipinski definition) is 3. The fourth-order valence-electron chi connectivity index (χ4n) is 3.22. The van der Waals surface area contributed by atoms with Crippen molar-refractivity contribution < 1.29 is 19.4 Å². The lowest BCUT2D eigenvalue weighted by Gasteiger charge is -2.16. The van der Waals surface area contributed by atoms with E-state index in [0.717, 1.165) is 22.4 Å². The molecule has 7 heteroatoms. The summed E-state index contributed by atoms with van der Waals surface area (Å²) >= 11 is 12.0. The van der Waals surface area contributed by atoms with Crippen LogP contribution in [0.15, 0.2) is 66.7 Å². The van der Waals surface area contributed by atoms with E-state index in [0.29, 0.717) is 15.6 Å². The number of ether oxygens (including phenoxy) is 1. The van der Waals surface area contributed by atoms with Crippen LogP contribution in [0.3, 0.4) is 0 Å². The first-order chi connectivity index (χ1) is 14.9. The molecule has 0 aliphatic heterocycles. The molecule has 31 heavy (non-hydrogen) atoms. The molecule has 0 saturated carbocycles. The summed E-state index contributed by atoms with van der Waals surface area (Å²) in [7, 11) is 1.62. The van der Waals surface area contributed by atoms with E-state index in [1.807, 2.05) is 48.5 Å². The number of amides is 1. The number of aliphatic carboxylic acids is 1. The summed E-state index contributed by atoms with van der Waals surface area (Å²) in [5.74, 6) is -0.779. The second kappa shape index (κ2) is 10.3. The molecular weight excluding hydrogens is 437 g/mol. The number of hydrogen-bond donors (Lipinski definition) is 2. The van der Waals surface area contributed by atoms with Gasteiger partial charge in [-0.05, 0) is 34.9 Å². The van der Waals surface area contributed by atoms with Crippen molar-refractivity contribution >= 4 is 35.1 Å². The summed E-state index contributed by atoms with van der Waals surface area (Å²) in [5.41, 5.74) is 3.26. The lowest BCUT2D eigenvalue weighted by Crippen LogP contribution is -2.43. The lowest BCUT2D eigenvalue weighted by molar-refractivity contribution is -0.141. The van der Waals surface area contributed by atoms with Crippen LogP contribution in [0, 0.1) is 0 Å². The van der Waals surface area contributed by atoms with Crippen LogP contribution in [0.25, 0.3) is 11.1 Å². The van der Waals surface area contributed by atoms with Gasteiger partial charge < -0.3 is 15.2 Å². The zero-order valence-corrected chi connectivity index (χ0v) is 18.3. The SMILES string of the molecule is COc1ccccc1-c1ccc(C[C@H](NC(=O)Cc2ccc(Cl)cc2Cl)C(=O)O)cc1. The monoisotopic (exact) mass is 457 g/mol. The van der Waals surface area contributed by atoms with Gasteiger partial charge in [0.1, 0.15) is 11.8 Å².